The van der Waals surface area contributed by atoms with Gasteiger partial charge in [-0.15, -0.1) is 11.3 Å². The first-order chi connectivity index (χ1) is 11.3. The minimum Gasteiger partial charge on any atom is -0.493 e. The molecule has 5 heteroatoms. The van der Waals surface area contributed by atoms with Gasteiger partial charge in [-0.25, -0.2) is 0 Å². The van der Waals surface area contributed by atoms with Crippen LogP contribution >= 0.6 is 11.3 Å². The third-order valence-electron chi connectivity index (χ3n) is 3.49. The van der Waals surface area contributed by atoms with Crippen molar-refractivity contribution >= 4 is 29.0 Å². The number of rotatable bonds is 10. The fourth-order valence-corrected chi connectivity index (χ4v) is 3.32. The smallest absolute Gasteiger partial charge is 0.212 e. The lowest BCUT2D eigenvalue weighted by molar-refractivity contribution is -0.105. The number of ether oxygens (including phenoxy) is 1. The average molecular weight is 331 g/mol. The number of carbonyl (C=O) groups is 2. The molecule has 4 nitrogen and oxygen atoms in total. The SMILES string of the molecule is CCCCCCOc1ccccc1-c1cc(C=O)c(NC=O)s1. The van der Waals surface area contributed by atoms with E-state index in [0.29, 0.717) is 23.6 Å². The summed E-state index contributed by atoms with van der Waals surface area (Å²) in [5, 5.41) is 3.13. The van der Waals surface area contributed by atoms with E-state index in [1.54, 1.807) is 6.07 Å². The first-order valence-corrected chi connectivity index (χ1v) is 8.63. The standard InChI is InChI=1S/C18H21NO3S/c1-2-3-4-7-10-22-16-9-6-5-8-15(16)17-11-14(12-20)18(23-17)19-13-21/h5-6,8-9,11-13H,2-4,7,10H2,1H3,(H,19,21). The topological polar surface area (TPSA) is 55.4 Å². The summed E-state index contributed by atoms with van der Waals surface area (Å²) in [6.45, 7) is 2.87. The van der Waals surface area contributed by atoms with Gasteiger partial charge >= 0.3 is 0 Å². The molecule has 122 valence electrons. The predicted octanol–water partition coefficient (Wildman–Crippen LogP) is 4.76. The molecule has 0 atom stereocenters. The molecular formula is C18H21NO3S. The summed E-state index contributed by atoms with van der Waals surface area (Å²) in [5.74, 6) is 0.806. The average Bonchev–Trinajstić information content (AvgIpc) is 2.98. The molecule has 0 unspecified atom stereocenters. The van der Waals surface area contributed by atoms with E-state index in [0.717, 1.165) is 28.9 Å². The summed E-state index contributed by atoms with van der Waals surface area (Å²) in [7, 11) is 0. The van der Waals surface area contributed by atoms with E-state index in [2.05, 4.69) is 12.2 Å². The minimum absolute atomic E-state index is 0.481. The van der Waals surface area contributed by atoms with Crippen molar-refractivity contribution in [3.05, 3.63) is 35.9 Å². The summed E-state index contributed by atoms with van der Waals surface area (Å²) in [6, 6.07) is 9.55. The highest BCUT2D eigenvalue weighted by molar-refractivity contribution is 7.20. The van der Waals surface area contributed by atoms with Crippen LogP contribution in [0.15, 0.2) is 30.3 Å². The second-order valence-corrected chi connectivity index (χ2v) is 6.23. The molecule has 2 aromatic rings. The number of hydrogen-bond donors (Lipinski definition) is 1. The number of aldehydes is 1. The maximum absolute atomic E-state index is 11.1. The van der Waals surface area contributed by atoms with Crippen molar-refractivity contribution in [3.63, 3.8) is 0 Å². The number of hydrogen-bond acceptors (Lipinski definition) is 4. The van der Waals surface area contributed by atoms with Crippen LogP contribution in [0.1, 0.15) is 43.0 Å². The van der Waals surface area contributed by atoms with Crippen molar-refractivity contribution in [3.8, 4) is 16.2 Å². The normalized spacial score (nSPS) is 10.3. The Labute approximate surface area is 140 Å². The molecule has 1 amide bonds. The monoisotopic (exact) mass is 331 g/mol. The second-order valence-electron chi connectivity index (χ2n) is 5.18. The van der Waals surface area contributed by atoms with Crippen LogP contribution in [0.4, 0.5) is 5.00 Å². The predicted molar refractivity (Wildman–Crippen MR) is 94.5 cm³/mol. The van der Waals surface area contributed by atoms with Crippen LogP contribution < -0.4 is 10.1 Å². The maximum Gasteiger partial charge on any atom is 0.212 e. The minimum atomic E-state index is 0.481. The molecule has 1 N–H and O–H groups in total. The molecule has 2 rings (SSSR count). The van der Waals surface area contributed by atoms with Gasteiger partial charge in [-0.1, -0.05) is 38.3 Å². The summed E-state index contributed by atoms with van der Waals surface area (Å²) < 4.78 is 5.91. The van der Waals surface area contributed by atoms with Gasteiger partial charge in [-0.3, -0.25) is 9.59 Å². The molecule has 1 aromatic carbocycles. The first kappa shape index (κ1) is 17.2. The molecule has 0 saturated heterocycles. The Morgan fingerprint density at radius 2 is 2.00 bits per heavy atom. The Balaban J connectivity index is 2.16. The molecule has 0 aliphatic heterocycles. The van der Waals surface area contributed by atoms with Gasteiger partial charge in [-0.05, 0) is 24.6 Å². The number of benzene rings is 1. The van der Waals surface area contributed by atoms with E-state index in [4.69, 9.17) is 4.74 Å². The Bertz CT molecular complexity index is 651. The van der Waals surface area contributed by atoms with E-state index in [9.17, 15) is 9.59 Å². The van der Waals surface area contributed by atoms with Crippen molar-refractivity contribution in [2.24, 2.45) is 0 Å². The van der Waals surface area contributed by atoms with Crippen molar-refractivity contribution < 1.29 is 14.3 Å². The molecule has 1 aromatic heterocycles. The Kier molecular flexibility index (Phi) is 6.81. The Morgan fingerprint density at radius 3 is 2.74 bits per heavy atom. The fraction of sp³-hybridized carbons (Fsp3) is 0.333. The van der Waals surface area contributed by atoms with E-state index in [1.807, 2.05) is 24.3 Å². The summed E-state index contributed by atoms with van der Waals surface area (Å²) in [4.78, 5) is 22.7. The first-order valence-electron chi connectivity index (χ1n) is 7.81. The highest BCUT2D eigenvalue weighted by Gasteiger charge is 2.13. The fourth-order valence-electron chi connectivity index (χ4n) is 2.30. The van der Waals surface area contributed by atoms with E-state index < -0.39 is 0 Å². The van der Waals surface area contributed by atoms with Crippen LogP contribution in [0.2, 0.25) is 0 Å². The van der Waals surface area contributed by atoms with Gasteiger partial charge in [0.1, 0.15) is 10.8 Å². The third kappa shape index (κ3) is 4.66. The van der Waals surface area contributed by atoms with Gasteiger partial charge < -0.3 is 10.1 Å². The summed E-state index contributed by atoms with van der Waals surface area (Å²) >= 11 is 1.37. The molecule has 0 radical (unpaired) electrons. The quantitative estimate of drug-likeness (QED) is 0.504. The van der Waals surface area contributed by atoms with Crippen molar-refractivity contribution in [2.75, 3.05) is 11.9 Å². The zero-order valence-electron chi connectivity index (χ0n) is 13.2. The highest BCUT2D eigenvalue weighted by Crippen LogP contribution is 2.39. The van der Waals surface area contributed by atoms with Gasteiger partial charge in [0.15, 0.2) is 6.29 Å². The zero-order chi connectivity index (χ0) is 16.5. The molecule has 0 bridgehead atoms. The molecule has 0 saturated carbocycles. The van der Waals surface area contributed by atoms with Crippen molar-refractivity contribution in [1.29, 1.82) is 0 Å². The lowest BCUT2D eigenvalue weighted by Gasteiger charge is -2.10. The van der Waals surface area contributed by atoms with Crippen LogP contribution in [-0.4, -0.2) is 19.3 Å². The van der Waals surface area contributed by atoms with E-state index >= 15 is 0 Å². The van der Waals surface area contributed by atoms with Crippen molar-refractivity contribution in [1.82, 2.24) is 0 Å². The second kappa shape index (κ2) is 9.10. The number of carbonyl (C=O) groups excluding carboxylic acids is 2. The van der Waals surface area contributed by atoms with Gasteiger partial charge in [0, 0.05) is 16.0 Å². The van der Waals surface area contributed by atoms with Crippen LogP contribution in [-0.2, 0) is 4.79 Å². The lowest BCUT2D eigenvalue weighted by Crippen LogP contribution is -1.98. The molecule has 0 spiro atoms. The molecule has 0 aliphatic rings. The van der Waals surface area contributed by atoms with Crippen molar-refractivity contribution in [2.45, 2.75) is 32.6 Å². The number of amides is 1. The van der Waals surface area contributed by atoms with E-state index in [1.165, 1.54) is 30.6 Å². The Morgan fingerprint density at radius 1 is 1.17 bits per heavy atom. The number of nitrogens with one attached hydrogen (secondary N) is 1. The molecule has 0 fully saturated rings. The number of thiophene rings is 1. The highest BCUT2D eigenvalue weighted by atomic mass is 32.1. The third-order valence-corrected chi connectivity index (χ3v) is 4.60. The van der Waals surface area contributed by atoms with Crippen LogP contribution in [0.25, 0.3) is 10.4 Å². The summed E-state index contributed by atoms with van der Waals surface area (Å²) in [5.41, 5.74) is 1.42. The van der Waals surface area contributed by atoms with Crippen LogP contribution in [0, 0.1) is 0 Å². The number of anilines is 1. The van der Waals surface area contributed by atoms with Gasteiger partial charge in [0.2, 0.25) is 6.41 Å². The molecule has 23 heavy (non-hydrogen) atoms. The zero-order valence-corrected chi connectivity index (χ0v) is 14.0. The van der Waals surface area contributed by atoms with Crippen LogP contribution in [0.3, 0.4) is 0 Å². The van der Waals surface area contributed by atoms with Gasteiger partial charge in [-0.2, -0.15) is 0 Å². The summed E-state index contributed by atoms with van der Waals surface area (Å²) in [6.07, 6.45) is 5.95. The molecule has 1 heterocycles. The van der Waals surface area contributed by atoms with Gasteiger partial charge in [0.05, 0.1) is 6.61 Å². The van der Waals surface area contributed by atoms with Crippen LogP contribution in [0.5, 0.6) is 5.75 Å². The maximum atomic E-state index is 11.1. The molecular weight excluding hydrogens is 310 g/mol. The number of unbranched alkanes of at least 4 members (excludes halogenated alkanes) is 3. The largest absolute Gasteiger partial charge is 0.493 e. The Hall–Kier alpha value is -2.14. The van der Waals surface area contributed by atoms with E-state index in [-0.39, 0.29) is 0 Å². The lowest BCUT2D eigenvalue weighted by atomic mass is 10.1. The number of para-hydroxylation sites is 1. The molecule has 0 aliphatic carbocycles. The van der Waals surface area contributed by atoms with Gasteiger partial charge in [0.25, 0.3) is 0 Å².